The highest BCUT2D eigenvalue weighted by Gasteiger charge is 2.49. The first kappa shape index (κ1) is 24.3. The maximum absolute atomic E-state index is 13.2. The fraction of sp³-hybridized carbons (Fsp3) is 0.536. The van der Waals surface area contributed by atoms with Gasteiger partial charge in [-0.2, -0.15) is 0 Å². The average molecular weight is 480 g/mol. The van der Waals surface area contributed by atoms with E-state index >= 15 is 0 Å². The summed E-state index contributed by atoms with van der Waals surface area (Å²) in [6.45, 7) is 6.18. The van der Waals surface area contributed by atoms with Gasteiger partial charge >= 0.3 is 0 Å². The van der Waals surface area contributed by atoms with Crippen molar-refractivity contribution in [2.45, 2.75) is 30.8 Å². The number of amides is 1. The maximum atomic E-state index is 13.2. The van der Waals surface area contributed by atoms with Gasteiger partial charge in [0.25, 0.3) is 0 Å². The fourth-order valence-corrected chi connectivity index (χ4v) is 5.99. The van der Waals surface area contributed by atoms with Crippen molar-refractivity contribution in [3.63, 3.8) is 0 Å². The maximum Gasteiger partial charge on any atom is 0.236 e. The number of nitrogens with zero attached hydrogens (tertiary/aromatic N) is 3. The van der Waals surface area contributed by atoms with Crippen molar-refractivity contribution < 1.29 is 19.4 Å². The van der Waals surface area contributed by atoms with Gasteiger partial charge in [-0.1, -0.05) is 42.5 Å². The Morgan fingerprint density at radius 3 is 2.51 bits per heavy atom. The van der Waals surface area contributed by atoms with Gasteiger partial charge in [-0.3, -0.25) is 14.6 Å². The van der Waals surface area contributed by atoms with Gasteiger partial charge in [-0.05, 0) is 36.6 Å². The SMILES string of the molecule is COc1ccccc1-c1ccc([C@H]2[C@@H](CO)N3CCCCN(C(=O)CN4CCOCC4)C[C@@H]23)cc1. The van der Waals surface area contributed by atoms with Gasteiger partial charge in [-0.15, -0.1) is 0 Å². The minimum atomic E-state index is 0.103. The van der Waals surface area contributed by atoms with E-state index in [1.54, 1.807) is 7.11 Å². The molecule has 188 valence electrons. The number of fused-ring (bicyclic) bond motifs is 1. The zero-order valence-electron chi connectivity index (χ0n) is 20.6. The van der Waals surface area contributed by atoms with Gasteiger partial charge < -0.3 is 19.5 Å². The molecule has 1 N–H and O–H groups in total. The van der Waals surface area contributed by atoms with E-state index < -0.39 is 0 Å². The van der Waals surface area contributed by atoms with Gasteiger partial charge in [0.2, 0.25) is 5.91 Å². The smallest absolute Gasteiger partial charge is 0.236 e. The largest absolute Gasteiger partial charge is 0.496 e. The van der Waals surface area contributed by atoms with Gasteiger partial charge in [-0.25, -0.2) is 0 Å². The number of morpholine rings is 1. The first-order chi connectivity index (χ1) is 17.2. The molecular formula is C28H37N3O4. The Labute approximate surface area is 208 Å². The summed E-state index contributed by atoms with van der Waals surface area (Å²) in [5, 5.41) is 10.3. The summed E-state index contributed by atoms with van der Waals surface area (Å²) in [5.74, 6) is 1.28. The molecule has 3 heterocycles. The second-order valence-corrected chi connectivity index (χ2v) is 9.84. The first-order valence-electron chi connectivity index (χ1n) is 12.9. The van der Waals surface area contributed by atoms with E-state index in [9.17, 15) is 9.90 Å². The average Bonchev–Trinajstić information content (AvgIpc) is 2.88. The Morgan fingerprint density at radius 2 is 1.77 bits per heavy atom. The second-order valence-electron chi connectivity index (χ2n) is 9.84. The zero-order valence-corrected chi connectivity index (χ0v) is 20.6. The van der Waals surface area contributed by atoms with Crippen molar-refractivity contribution in [2.75, 3.05) is 66.2 Å². The van der Waals surface area contributed by atoms with E-state index in [-0.39, 0.29) is 30.5 Å². The molecule has 2 aromatic carbocycles. The molecule has 0 saturated carbocycles. The van der Waals surface area contributed by atoms with E-state index in [1.807, 2.05) is 18.2 Å². The van der Waals surface area contributed by atoms with Gasteiger partial charge in [0.15, 0.2) is 0 Å². The number of methoxy groups -OCH3 is 1. The van der Waals surface area contributed by atoms with Crippen LogP contribution in [-0.2, 0) is 9.53 Å². The third-order valence-corrected chi connectivity index (χ3v) is 7.90. The summed E-state index contributed by atoms with van der Waals surface area (Å²) in [6, 6.07) is 17.1. The Morgan fingerprint density at radius 1 is 1.03 bits per heavy atom. The zero-order chi connectivity index (χ0) is 24.2. The van der Waals surface area contributed by atoms with Crippen LogP contribution in [0.15, 0.2) is 48.5 Å². The van der Waals surface area contributed by atoms with Crippen LogP contribution in [0.1, 0.15) is 24.3 Å². The van der Waals surface area contributed by atoms with Crippen molar-refractivity contribution in [1.82, 2.24) is 14.7 Å². The van der Waals surface area contributed by atoms with Crippen molar-refractivity contribution in [3.8, 4) is 16.9 Å². The van der Waals surface area contributed by atoms with Crippen LogP contribution in [0.2, 0.25) is 0 Å². The monoisotopic (exact) mass is 479 g/mol. The van der Waals surface area contributed by atoms with Crippen LogP contribution in [0.4, 0.5) is 0 Å². The van der Waals surface area contributed by atoms with E-state index in [0.29, 0.717) is 19.8 Å². The highest BCUT2D eigenvalue weighted by molar-refractivity contribution is 5.78. The molecule has 3 saturated heterocycles. The van der Waals surface area contributed by atoms with E-state index in [1.165, 1.54) is 5.56 Å². The highest BCUT2D eigenvalue weighted by atomic mass is 16.5. The molecule has 7 nitrogen and oxygen atoms in total. The molecule has 0 unspecified atom stereocenters. The molecule has 35 heavy (non-hydrogen) atoms. The number of aliphatic hydroxyl groups excluding tert-OH is 1. The Kier molecular flexibility index (Phi) is 7.68. The van der Waals surface area contributed by atoms with Crippen LogP contribution in [0, 0.1) is 0 Å². The number of aliphatic hydroxyl groups is 1. The van der Waals surface area contributed by atoms with Gasteiger partial charge in [0.05, 0.1) is 33.5 Å². The van der Waals surface area contributed by atoms with Crippen molar-refractivity contribution in [1.29, 1.82) is 0 Å². The Hall–Kier alpha value is -2.45. The number of ether oxygens (including phenoxy) is 2. The molecule has 0 aliphatic carbocycles. The van der Waals surface area contributed by atoms with Crippen LogP contribution in [0.25, 0.3) is 11.1 Å². The minimum absolute atomic E-state index is 0.103. The molecule has 0 bridgehead atoms. The van der Waals surface area contributed by atoms with Crippen molar-refractivity contribution in [2.24, 2.45) is 0 Å². The molecule has 3 atom stereocenters. The highest BCUT2D eigenvalue weighted by Crippen LogP contribution is 2.42. The third kappa shape index (κ3) is 5.09. The lowest BCUT2D eigenvalue weighted by Gasteiger charge is -2.57. The van der Waals surface area contributed by atoms with E-state index in [4.69, 9.17) is 9.47 Å². The number of para-hydroxylation sites is 1. The summed E-state index contributed by atoms with van der Waals surface area (Å²) in [6.07, 6.45) is 2.06. The number of rotatable bonds is 6. The fourth-order valence-electron chi connectivity index (χ4n) is 5.99. The number of benzene rings is 2. The van der Waals surface area contributed by atoms with Gasteiger partial charge in [0.1, 0.15) is 5.75 Å². The van der Waals surface area contributed by atoms with Crippen molar-refractivity contribution in [3.05, 3.63) is 54.1 Å². The topological polar surface area (TPSA) is 65.5 Å². The van der Waals surface area contributed by atoms with E-state index in [2.05, 4.69) is 45.0 Å². The predicted molar refractivity (Wildman–Crippen MR) is 136 cm³/mol. The van der Waals surface area contributed by atoms with E-state index in [0.717, 1.165) is 62.4 Å². The van der Waals surface area contributed by atoms with Crippen LogP contribution in [0.3, 0.4) is 0 Å². The summed E-state index contributed by atoms with van der Waals surface area (Å²) in [5.41, 5.74) is 3.41. The summed E-state index contributed by atoms with van der Waals surface area (Å²) in [7, 11) is 1.70. The quantitative estimate of drug-likeness (QED) is 0.687. The number of hydrogen-bond acceptors (Lipinski definition) is 6. The lowest BCUT2D eigenvalue weighted by molar-refractivity contribution is -0.138. The molecule has 3 aliphatic rings. The van der Waals surface area contributed by atoms with Gasteiger partial charge in [0, 0.05) is 49.7 Å². The standard InChI is InChI=1S/C28H37N3O4/c1-34-26-7-3-2-6-23(26)21-8-10-22(11-9-21)28-24-18-30(12-4-5-13-31(24)25(28)20-32)27(33)19-29-14-16-35-17-15-29/h2-3,6-11,24-25,28,32H,4-5,12-20H2,1H3/t24-,25+,28+/m0/s1. The second kappa shape index (κ2) is 11.1. The normalized spacial score (nSPS) is 25.8. The van der Waals surface area contributed by atoms with Crippen LogP contribution >= 0.6 is 0 Å². The number of carbonyl (C=O) groups is 1. The molecule has 0 spiro atoms. The molecular weight excluding hydrogens is 442 g/mol. The molecule has 0 radical (unpaired) electrons. The summed E-state index contributed by atoms with van der Waals surface area (Å²) < 4.78 is 11.0. The minimum Gasteiger partial charge on any atom is -0.496 e. The predicted octanol–water partition coefficient (Wildman–Crippen LogP) is 2.45. The Bertz CT molecular complexity index is 992. The molecule has 1 amide bonds. The summed E-state index contributed by atoms with van der Waals surface area (Å²) in [4.78, 5) is 19.9. The van der Waals surface area contributed by atoms with Crippen molar-refractivity contribution >= 4 is 5.91 Å². The third-order valence-electron chi connectivity index (χ3n) is 7.90. The molecule has 0 aromatic heterocycles. The molecule has 3 aliphatic heterocycles. The molecule has 3 fully saturated rings. The van der Waals surface area contributed by atoms with Crippen LogP contribution < -0.4 is 4.74 Å². The molecule has 7 heteroatoms. The first-order valence-corrected chi connectivity index (χ1v) is 12.9. The lowest BCUT2D eigenvalue weighted by atomic mass is 9.74. The Balaban J connectivity index is 1.33. The van der Waals surface area contributed by atoms with Crippen LogP contribution in [0.5, 0.6) is 5.75 Å². The molecule has 5 rings (SSSR count). The summed E-state index contributed by atoms with van der Waals surface area (Å²) >= 11 is 0. The molecule has 2 aromatic rings. The van der Waals surface area contributed by atoms with Crippen LogP contribution in [-0.4, -0.2) is 104 Å². The number of carbonyl (C=O) groups excluding carboxylic acids is 1. The number of hydrogen-bond donors (Lipinski definition) is 1. The lowest BCUT2D eigenvalue weighted by Crippen LogP contribution is -2.68.